The van der Waals surface area contributed by atoms with E-state index in [1.807, 2.05) is 43.4 Å². The van der Waals surface area contributed by atoms with Crippen molar-refractivity contribution in [2.24, 2.45) is 0 Å². The van der Waals surface area contributed by atoms with Gasteiger partial charge < -0.3 is 4.90 Å². The summed E-state index contributed by atoms with van der Waals surface area (Å²) >= 11 is 6.13. The SMILES string of the molecule is CN(Cc1ccccc1)c1nc(Cl)cc2ccccc12. The molecule has 1 heterocycles. The first-order valence-electron chi connectivity index (χ1n) is 6.54. The number of rotatable bonds is 3. The van der Waals surface area contributed by atoms with Crippen LogP contribution in [-0.4, -0.2) is 12.0 Å². The lowest BCUT2D eigenvalue weighted by molar-refractivity contribution is 0.905. The average Bonchev–Trinajstić information content (AvgIpc) is 2.47. The van der Waals surface area contributed by atoms with E-state index in [1.54, 1.807) is 0 Å². The highest BCUT2D eigenvalue weighted by Gasteiger charge is 2.09. The van der Waals surface area contributed by atoms with Gasteiger partial charge in [-0.15, -0.1) is 0 Å². The van der Waals surface area contributed by atoms with Crippen LogP contribution in [0.15, 0.2) is 60.7 Å². The van der Waals surface area contributed by atoms with Crippen molar-refractivity contribution in [1.29, 1.82) is 0 Å². The molecule has 0 aliphatic rings. The molecular formula is C17H15ClN2. The number of hydrogen-bond donors (Lipinski definition) is 0. The van der Waals surface area contributed by atoms with Crippen molar-refractivity contribution in [3.05, 3.63) is 71.4 Å². The number of fused-ring (bicyclic) bond motifs is 1. The summed E-state index contributed by atoms with van der Waals surface area (Å²) in [7, 11) is 2.04. The Labute approximate surface area is 123 Å². The lowest BCUT2D eigenvalue weighted by Crippen LogP contribution is -2.18. The predicted octanol–water partition coefficient (Wildman–Crippen LogP) is 4.52. The van der Waals surface area contributed by atoms with Gasteiger partial charge in [0.2, 0.25) is 0 Å². The Morgan fingerprint density at radius 2 is 1.70 bits per heavy atom. The molecule has 0 unspecified atom stereocenters. The molecule has 0 aliphatic heterocycles. The Kier molecular flexibility index (Phi) is 3.57. The quantitative estimate of drug-likeness (QED) is 0.656. The number of aromatic nitrogens is 1. The molecule has 0 amide bonds. The molecule has 0 fully saturated rings. The highest BCUT2D eigenvalue weighted by Crippen LogP contribution is 2.27. The van der Waals surface area contributed by atoms with Gasteiger partial charge in [0.25, 0.3) is 0 Å². The summed E-state index contributed by atoms with van der Waals surface area (Å²) in [6.45, 7) is 0.804. The highest BCUT2D eigenvalue weighted by molar-refractivity contribution is 6.30. The van der Waals surface area contributed by atoms with Crippen LogP contribution in [0, 0.1) is 0 Å². The van der Waals surface area contributed by atoms with Crippen LogP contribution < -0.4 is 4.90 Å². The van der Waals surface area contributed by atoms with Crippen molar-refractivity contribution in [2.75, 3.05) is 11.9 Å². The lowest BCUT2D eigenvalue weighted by atomic mass is 10.1. The maximum Gasteiger partial charge on any atom is 0.138 e. The molecule has 0 N–H and O–H groups in total. The number of anilines is 1. The minimum Gasteiger partial charge on any atom is -0.355 e. The van der Waals surface area contributed by atoms with Gasteiger partial charge in [-0.3, -0.25) is 0 Å². The first-order chi connectivity index (χ1) is 9.74. The number of pyridine rings is 1. The van der Waals surface area contributed by atoms with Crippen molar-refractivity contribution in [3.63, 3.8) is 0 Å². The molecule has 0 bridgehead atoms. The standard InChI is InChI=1S/C17H15ClN2/c1-20(12-13-7-3-2-4-8-13)17-15-10-6-5-9-14(15)11-16(18)19-17/h2-11H,12H2,1H3. The smallest absolute Gasteiger partial charge is 0.138 e. The van der Waals surface area contributed by atoms with E-state index >= 15 is 0 Å². The molecule has 2 aromatic carbocycles. The zero-order valence-corrected chi connectivity index (χ0v) is 12.0. The third kappa shape index (κ3) is 2.61. The maximum atomic E-state index is 6.13. The molecule has 20 heavy (non-hydrogen) atoms. The van der Waals surface area contributed by atoms with Crippen LogP contribution in [0.3, 0.4) is 0 Å². The van der Waals surface area contributed by atoms with E-state index < -0.39 is 0 Å². The Morgan fingerprint density at radius 3 is 2.50 bits per heavy atom. The van der Waals surface area contributed by atoms with Gasteiger partial charge >= 0.3 is 0 Å². The number of nitrogens with zero attached hydrogens (tertiary/aromatic N) is 2. The molecule has 3 aromatic rings. The first-order valence-corrected chi connectivity index (χ1v) is 6.92. The monoisotopic (exact) mass is 282 g/mol. The van der Waals surface area contributed by atoms with E-state index in [0.29, 0.717) is 5.15 Å². The van der Waals surface area contributed by atoms with Crippen LogP contribution in [0.25, 0.3) is 10.8 Å². The molecule has 100 valence electrons. The summed E-state index contributed by atoms with van der Waals surface area (Å²) < 4.78 is 0. The van der Waals surface area contributed by atoms with E-state index in [4.69, 9.17) is 11.6 Å². The number of hydrogen-bond acceptors (Lipinski definition) is 2. The van der Waals surface area contributed by atoms with E-state index in [0.717, 1.165) is 23.1 Å². The van der Waals surface area contributed by atoms with Crippen LogP contribution >= 0.6 is 11.6 Å². The average molecular weight is 283 g/mol. The van der Waals surface area contributed by atoms with E-state index in [1.165, 1.54) is 5.56 Å². The molecule has 0 saturated heterocycles. The minimum absolute atomic E-state index is 0.526. The van der Waals surface area contributed by atoms with E-state index in [2.05, 4.69) is 34.1 Å². The van der Waals surface area contributed by atoms with Crippen molar-refractivity contribution >= 4 is 28.2 Å². The summed E-state index contributed by atoms with van der Waals surface area (Å²) in [5.41, 5.74) is 1.25. The lowest BCUT2D eigenvalue weighted by Gasteiger charge is -2.20. The van der Waals surface area contributed by atoms with E-state index in [-0.39, 0.29) is 0 Å². The molecule has 0 saturated carbocycles. The normalized spacial score (nSPS) is 10.7. The summed E-state index contributed by atoms with van der Waals surface area (Å²) in [6, 6.07) is 20.4. The maximum absolute atomic E-state index is 6.13. The fourth-order valence-electron chi connectivity index (χ4n) is 2.37. The van der Waals surface area contributed by atoms with Crippen molar-refractivity contribution in [2.45, 2.75) is 6.54 Å². The minimum atomic E-state index is 0.526. The van der Waals surface area contributed by atoms with Crippen molar-refractivity contribution < 1.29 is 0 Å². The zero-order chi connectivity index (χ0) is 13.9. The molecule has 3 heteroatoms. The molecular weight excluding hydrogens is 268 g/mol. The highest BCUT2D eigenvalue weighted by atomic mass is 35.5. The Morgan fingerprint density at radius 1 is 1.00 bits per heavy atom. The number of halogens is 1. The summed E-state index contributed by atoms with van der Waals surface area (Å²) in [5, 5.41) is 2.76. The van der Waals surface area contributed by atoms with Crippen LogP contribution in [0.2, 0.25) is 5.15 Å². The van der Waals surface area contributed by atoms with Crippen LogP contribution in [-0.2, 0) is 6.54 Å². The predicted molar refractivity (Wildman–Crippen MR) is 85.3 cm³/mol. The fourth-order valence-corrected chi connectivity index (χ4v) is 2.57. The molecule has 0 atom stereocenters. The van der Waals surface area contributed by atoms with Gasteiger partial charge in [0.1, 0.15) is 11.0 Å². The summed E-state index contributed by atoms with van der Waals surface area (Å²) in [5.74, 6) is 0.914. The Hall–Kier alpha value is -2.06. The largest absolute Gasteiger partial charge is 0.355 e. The van der Waals surface area contributed by atoms with Gasteiger partial charge in [0.15, 0.2) is 0 Å². The van der Waals surface area contributed by atoms with E-state index in [9.17, 15) is 0 Å². The molecule has 2 nitrogen and oxygen atoms in total. The third-order valence-corrected chi connectivity index (χ3v) is 3.51. The molecule has 3 rings (SSSR count). The Bertz CT molecular complexity index is 725. The second kappa shape index (κ2) is 5.51. The summed E-state index contributed by atoms with van der Waals surface area (Å²) in [4.78, 5) is 6.62. The van der Waals surface area contributed by atoms with Crippen LogP contribution in [0.4, 0.5) is 5.82 Å². The van der Waals surface area contributed by atoms with Crippen LogP contribution in [0.1, 0.15) is 5.56 Å². The molecule has 0 spiro atoms. The zero-order valence-electron chi connectivity index (χ0n) is 11.3. The molecule has 0 aliphatic carbocycles. The first kappa shape index (κ1) is 12.9. The van der Waals surface area contributed by atoms with Gasteiger partial charge in [0.05, 0.1) is 0 Å². The van der Waals surface area contributed by atoms with Gasteiger partial charge in [-0.2, -0.15) is 0 Å². The van der Waals surface area contributed by atoms with Gasteiger partial charge in [0, 0.05) is 19.0 Å². The third-order valence-electron chi connectivity index (χ3n) is 3.31. The topological polar surface area (TPSA) is 16.1 Å². The second-order valence-electron chi connectivity index (χ2n) is 4.83. The summed E-state index contributed by atoms with van der Waals surface area (Å²) in [6.07, 6.45) is 0. The molecule has 1 aromatic heterocycles. The second-order valence-corrected chi connectivity index (χ2v) is 5.22. The van der Waals surface area contributed by atoms with Gasteiger partial charge in [-0.1, -0.05) is 66.2 Å². The molecule has 0 radical (unpaired) electrons. The van der Waals surface area contributed by atoms with Gasteiger partial charge in [-0.05, 0) is 17.0 Å². The van der Waals surface area contributed by atoms with Gasteiger partial charge in [-0.25, -0.2) is 4.98 Å². The fraction of sp³-hybridized carbons (Fsp3) is 0.118. The van der Waals surface area contributed by atoms with Crippen molar-refractivity contribution in [1.82, 2.24) is 4.98 Å². The van der Waals surface area contributed by atoms with Crippen LogP contribution in [0.5, 0.6) is 0 Å². The Balaban J connectivity index is 2.01. The number of benzene rings is 2. The van der Waals surface area contributed by atoms with Crippen molar-refractivity contribution in [3.8, 4) is 0 Å².